The number of anilines is 2. The van der Waals surface area contributed by atoms with Crippen LogP contribution in [0.4, 0.5) is 29.2 Å². The van der Waals surface area contributed by atoms with E-state index in [9.17, 15) is 23.1 Å². The molecule has 2 saturated heterocycles. The van der Waals surface area contributed by atoms with E-state index in [0.717, 1.165) is 25.0 Å². The number of carbonyl (C=O) groups excluding carboxylic acids is 1. The van der Waals surface area contributed by atoms with Crippen LogP contribution in [-0.4, -0.2) is 64.7 Å². The highest BCUT2D eigenvalue weighted by atomic mass is 19.4. The number of rotatable bonds is 7. The van der Waals surface area contributed by atoms with Gasteiger partial charge in [-0.1, -0.05) is 12.1 Å². The van der Waals surface area contributed by atoms with Crippen molar-refractivity contribution in [2.75, 3.05) is 42.9 Å². The summed E-state index contributed by atoms with van der Waals surface area (Å²) in [6.07, 6.45) is -0.940. The Balaban J connectivity index is 1.46. The van der Waals surface area contributed by atoms with Crippen LogP contribution in [0.2, 0.25) is 0 Å². The van der Waals surface area contributed by atoms with Crippen molar-refractivity contribution < 1.29 is 27.5 Å². The maximum absolute atomic E-state index is 15.5. The molecule has 12 heteroatoms. The Morgan fingerprint density at radius 3 is 2.56 bits per heavy atom. The number of amides is 1. The third-order valence-corrected chi connectivity index (χ3v) is 6.89. The van der Waals surface area contributed by atoms with Gasteiger partial charge in [-0.15, -0.1) is 0 Å². The number of β-amino-alcohol motifs (C(OH)–C–C–N with tert-alkyl or cyclic N) is 1. The van der Waals surface area contributed by atoms with Crippen molar-refractivity contribution in [3.8, 4) is 0 Å². The number of aliphatic hydroxyl groups is 1. The van der Waals surface area contributed by atoms with Gasteiger partial charge in [-0.25, -0.2) is 9.97 Å². The first-order chi connectivity index (χ1) is 17.1. The monoisotopic (exact) mass is 510 g/mol. The number of nitrogens with one attached hydrogen (secondary N) is 1. The smallest absolute Gasteiger partial charge is 0.391 e. The van der Waals surface area contributed by atoms with Crippen LogP contribution < -0.4 is 16.0 Å². The van der Waals surface area contributed by atoms with E-state index in [-0.39, 0.29) is 36.7 Å². The van der Waals surface area contributed by atoms with Crippen molar-refractivity contribution in [1.29, 1.82) is 0 Å². The molecule has 1 aromatic heterocycles. The van der Waals surface area contributed by atoms with Gasteiger partial charge < -0.3 is 21.1 Å². The number of aromatic nitrogens is 2. The van der Waals surface area contributed by atoms with Gasteiger partial charge in [0.15, 0.2) is 11.6 Å². The average Bonchev–Trinajstić information content (AvgIpc) is 2.83. The Hall–Kier alpha value is -2.99. The lowest BCUT2D eigenvalue weighted by Gasteiger charge is -2.37. The second-order valence-electron chi connectivity index (χ2n) is 9.38. The Labute approximate surface area is 206 Å². The van der Waals surface area contributed by atoms with Gasteiger partial charge in [0.1, 0.15) is 6.33 Å². The van der Waals surface area contributed by atoms with Crippen molar-refractivity contribution in [1.82, 2.24) is 14.9 Å². The molecule has 2 aliphatic heterocycles. The van der Waals surface area contributed by atoms with Crippen LogP contribution in [0, 0.1) is 11.7 Å². The molecule has 3 atom stereocenters. The molecule has 36 heavy (non-hydrogen) atoms. The lowest BCUT2D eigenvalue weighted by Crippen LogP contribution is -2.48. The maximum Gasteiger partial charge on any atom is 0.416 e. The van der Waals surface area contributed by atoms with Crippen molar-refractivity contribution in [2.24, 2.45) is 11.7 Å². The minimum absolute atomic E-state index is 0.00325. The molecule has 3 heterocycles. The van der Waals surface area contributed by atoms with Crippen molar-refractivity contribution in [2.45, 2.75) is 44.0 Å². The minimum atomic E-state index is -4.42. The fourth-order valence-electron chi connectivity index (χ4n) is 4.99. The minimum Gasteiger partial charge on any atom is -0.391 e. The van der Waals surface area contributed by atoms with Gasteiger partial charge in [0.2, 0.25) is 11.7 Å². The highest BCUT2D eigenvalue weighted by Gasteiger charge is 2.33. The Kier molecular flexibility index (Phi) is 7.94. The lowest BCUT2D eigenvalue weighted by molar-refractivity contribution is -0.137. The standard InChI is InChI=1S/C24H30F4N6O2/c25-21-22(30-11-16-8-10-33(12-19(16)35)13-20(29)36)31-14-32-23(21)34-9-2-1-3-18(34)15-4-6-17(7-5-15)24(26,27)28/h4-7,14,16,18-19,35H,1-3,8-13H2,(H2,29,36)(H,30,31,32). The molecule has 0 spiro atoms. The van der Waals surface area contributed by atoms with E-state index in [4.69, 9.17) is 5.73 Å². The first-order valence-electron chi connectivity index (χ1n) is 12.0. The highest BCUT2D eigenvalue weighted by Crippen LogP contribution is 2.37. The van der Waals surface area contributed by atoms with Crippen LogP contribution in [0.1, 0.15) is 42.9 Å². The number of halogens is 4. The predicted molar refractivity (Wildman–Crippen MR) is 126 cm³/mol. The van der Waals surface area contributed by atoms with Crippen LogP contribution in [-0.2, 0) is 11.0 Å². The normalized spacial score (nSPS) is 23.5. The molecule has 2 aromatic rings. The van der Waals surface area contributed by atoms with Crippen LogP contribution in [0.25, 0.3) is 0 Å². The molecule has 2 fully saturated rings. The summed E-state index contributed by atoms with van der Waals surface area (Å²) in [5.41, 5.74) is 5.16. The Bertz CT molecular complexity index is 1050. The van der Waals surface area contributed by atoms with E-state index in [2.05, 4.69) is 15.3 Å². The van der Waals surface area contributed by atoms with Gasteiger partial charge in [0.05, 0.1) is 24.3 Å². The summed E-state index contributed by atoms with van der Waals surface area (Å²) >= 11 is 0. The number of aliphatic hydroxyl groups excluding tert-OH is 1. The number of benzene rings is 1. The molecule has 0 bridgehead atoms. The Morgan fingerprint density at radius 1 is 1.14 bits per heavy atom. The van der Waals surface area contributed by atoms with Crippen molar-refractivity contribution in [3.63, 3.8) is 0 Å². The molecule has 196 valence electrons. The lowest BCUT2D eigenvalue weighted by atomic mass is 9.93. The third-order valence-electron chi connectivity index (χ3n) is 6.89. The second kappa shape index (κ2) is 11.0. The maximum atomic E-state index is 15.5. The fraction of sp³-hybridized carbons (Fsp3) is 0.542. The molecular weight excluding hydrogens is 480 g/mol. The first kappa shape index (κ1) is 26.1. The summed E-state index contributed by atoms with van der Waals surface area (Å²) in [6.45, 7) is 1.76. The van der Waals surface area contributed by atoms with Crippen molar-refractivity contribution in [3.05, 3.63) is 47.5 Å². The number of piperidine rings is 2. The van der Waals surface area contributed by atoms with E-state index in [1.54, 1.807) is 9.80 Å². The number of hydrogen-bond donors (Lipinski definition) is 3. The predicted octanol–water partition coefficient (Wildman–Crippen LogP) is 2.95. The summed E-state index contributed by atoms with van der Waals surface area (Å²) in [5.74, 6) is -1.17. The fourth-order valence-corrected chi connectivity index (χ4v) is 4.99. The number of alkyl halides is 3. The highest BCUT2D eigenvalue weighted by molar-refractivity contribution is 5.75. The van der Waals surface area contributed by atoms with Crippen LogP contribution in [0.15, 0.2) is 30.6 Å². The zero-order valence-corrected chi connectivity index (χ0v) is 19.7. The van der Waals surface area contributed by atoms with E-state index < -0.39 is 29.6 Å². The Morgan fingerprint density at radius 2 is 1.89 bits per heavy atom. The number of primary amides is 1. The summed E-state index contributed by atoms with van der Waals surface area (Å²) in [6, 6.07) is 4.66. The van der Waals surface area contributed by atoms with Crippen molar-refractivity contribution >= 4 is 17.5 Å². The molecule has 0 radical (unpaired) electrons. The summed E-state index contributed by atoms with van der Waals surface area (Å²) < 4.78 is 54.5. The topological polar surface area (TPSA) is 108 Å². The van der Waals surface area contributed by atoms with Crippen LogP contribution in [0.5, 0.6) is 0 Å². The van der Waals surface area contributed by atoms with E-state index >= 15 is 4.39 Å². The zero-order valence-electron chi connectivity index (χ0n) is 19.7. The molecular formula is C24H30F4N6O2. The molecule has 3 unspecified atom stereocenters. The third kappa shape index (κ3) is 6.04. The number of hydrogen-bond acceptors (Lipinski definition) is 7. The van der Waals surface area contributed by atoms with Gasteiger partial charge in [-0.3, -0.25) is 9.69 Å². The second-order valence-corrected chi connectivity index (χ2v) is 9.38. The first-order valence-corrected chi connectivity index (χ1v) is 12.0. The molecule has 0 saturated carbocycles. The number of nitrogens with zero attached hydrogens (tertiary/aromatic N) is 4. The van der Waals surface area contributed by atoms with Crippen LogP contribution in [0.3, 0.4) is 0 Å². The van der Waals surface area contributed by atoms with E-state index in [1.165, 1.54) is 18.5 Å². The summed E-state index contributed by atoms with van der Waals surface area (Å²) in [5, 5.41) is 13.4. The molecule has 4 rings (SSSR count). The van der Waals surface area contributed by atoms with Gasteiger partial charge in [-0.2, -0.15) is 17.6 Å². The molecule has 2 aliphatic rings. The average molecular weight is 511 g/mol. The van der Waals surface area contributed by atoms with Gasteiger partial charge in [0.25, 0.3) is 0 Å². The molecule has 8 nitrogen and oxygen atoms in total. The van der Waals surface area contributed by atoms with Gasteiger partial charge in [0, 0.05) is 25.6 Å². The molecule has 1 amide bonds. The van der Waals surface area contributed by atoms with Crippen LogP contribution >= 0.6 is 0 Å². The number of nitrogens with two attached hydrogens (primary N) is 1. The zero-order chi connectivity index (χ0) is 25.9. The number of carbonyl (C=O) groups is 1. The summed E-state index contributed by atoms with van der Waals surface area (Å²) in [7, 11) is 0. The SMILES string of the molecule is NC(=O)CN1CCC(CNc2ncnc(N3CCCCC3c3ccc(C(F)(F)F)cc3)c2F)C(O)C1. The summed E-state index contributed by atoms with van der Waals surface area (Å²) in [4.78, 5) is 22.9. The largest absolute Gasteiger partial charge is 0.416 e. The quantitative estimate of drug-likeness (QED) is 0.492. The van der Waals surface area contributed by atoms with E-state index in [1.807, 2.05) is 0 Å². The number of likely N-dealkylation sites (tertiary alicyclic amines) is 1. The molecule has 4 N–H and O–H groups in total. The van der Waals surface area contributed by atoms with E-state index in [0.29, 0.717) is 38.0 Å². The molecule has 0 aliphatic carbocycles. The van der Waals surface area contributed by atoms with Gasteiger partial charge in [-0.05, 0) is 49.9 Å². The molecule has 1 aromatic carbocycles. The van der Waals surface area contributed by atoms with Gasteiger partial charge >= 0.3 is 6.18 Å².